The maximum atomic E-state index is 6.43. The van der Waals surface area contributed by atoms with Crippen molar-refractivity contribution in [1.82, 2.24) is 10.2 Å². The normalized spacial score (nSPS) is 32.8. The van der Waals surface area contributed by atoms with E-state index in [1.165, 1.54) is 0 Å². The summed E-state index contributed by atoms with van der Waals surface area (Å²) in [6.45, 7) is 12.3. The zero-order chi connectivity index (χ0) is 12.0. The maximum absolute atomic E-state index is 6.43. The maximum Gasteiger partial charge on any atom is 0.122 e. The summed E-state index contributed by atoms with van der Waals surface area (Å²) in [5, 5.41) is 3.65. The van der Waals surface area contributed by atoms with Gasteiger partial charge >= 0.3 is 0 Å². The first-order valence-electron chi connectivity index (χ1n) is 6.40. The molecule has 0 saturated carbocycles. The molecule has 2 fully saturated rings. The Labute approximate surface area is 99.5 Å². The first-order valence-corrected chi connectivity index (χ1v) is 6.40. The fourth-order valence-corrected chi connectivity index (χ4v) is 2.52. The molecule has 0 amide bonds. The molecule has 2 saturated heterocycles. The molecular formula is C13H26N2O. The molecule has 2 heterocycles. The smallest absolute Gasteiger partial charge is 0.122 e. The van der Waals surface area contributed by atoms with Crippen molar-refractivity contribution in [3.63, 3.8) is 0 Å². The summed E-state index contributed by atoms with van der Waals surface area (Å²) in [7, 11) is 2.19. The highest BCUT2D eigenvalue weighted by Gasteiger charge is 2.50. The molecule has 0 aromatic rings. The molecule has 1 N–H and O–H groups in total. The Morgan fingerprint density at radius 1 is 1.06 bits per heavy atom. The Morgan fingerprint density at radius 3 is 2.12 bits per heavy atom. The number of hydrogen-bond donors (Lipinski definition) is 1. The van der Waals surface area contributed by atoms with E-state index in [1.807, 2.05) is 0 Å². The molecule has 0 atom stereocenters. The van der Waals surface area contributed by atoms with Gasteiger partial charge in [0, 0.05) is 37.9 Å². The predicted molar refractivity (Wildman–Crippen MR) is 66.4 cm³/mol. The van der Waals surface area contributed by atoms with E-state index in [1.54, 1.807) is 0 Å². The van der Waals surface area contributed by atoms with Gasteiger partial charge in [-0.3, -0.25) is 5.32 Å². The highest BCUT2D eigenvalue weighted by atomic mass is 16.5. The van der Waals surface area contributed by atoms with Crippen LogP contribution in [0.3, 0.4) is 0 Å². The van der Waals surface area contributed by atoms with Crippen LogP contribution in [0.2, 0.25) is 0 Å². The molecule has 16 heavy (non-hydrogen) atoms. The quantitative estimate of drug-likeness (QED) is 0.682. The summed E-state index contributed by atoms with van der Waals surface area (Å²) >= 11 is 0. The molecule has 0 aromatic heterocycles. The Balaban J connectivity index is 2.10. The Bertz CT molecular complexity index is 265. The van der Waals surface area contributed by atoms with Gasteiger partial charge in [0.15, 0.2) is 0 Å². The molecular weight excluding hydrogens is 200 g/mol. The molecule has 1 spiro atoms. The third-order valence-corrected chi connectivity index (χ3v) is 4.73. The van der Waals surface area contributed by atoms with Crippen molar-refractivity contribution in [3.8, 4) is 0 Å². The van der Waals surface area contributed by atoms with E-state index in [4.69, 9.17) is 4.74 Å². The molecule has 0 radical (unpaired) electrons. The van der Waals surface area contributed by atoms with Crippen molar-refractivity contribution in [2.75, 3.05) is 26.7 Å². The van der Waals surface area contributed by atoms with Gasteiger partial charge in [-0.2, -0.15) is 0 Å². The van der Waals surface area contributed by atoms with Crippen molar-refractivity contribution >= 4 is 0 Å². The van der Waals surface area contributed by atoms with Crippen LogP contribution in [0.1, 0.15) is 40.5 Å². The number of piperidine rings is 1. The van der Waals surface area contributed by atoms with Gasteiger partial charge in [0.25, 0.3) is 0 Å². The highest BCUT2D eigenvalue weighted by Crippen LogP contribution is 2.42. The Morgan fingerprint density at radius 2 is 1.62 bits per heavy atom. The fourth-order valence-electron chi connectivity index (χ4n) is 2.52. The van der Waals surface area contributed by atoms with Crippen LogP contribution in [-0.2, 0) is 4.74 Å². The summed E-state index contributed by atoms with van der Waals surface area (Å²) in [5.74, 6) is 0. The van der Waals surface area contributed by atoms with Gasteiger partial charge in [0.1, 0.15) is 5.72 Å². The van der Waals surface area contributed by atoms with Crippen LogP contribution in [-0.4, -0.2) is 42.9 Å². The van der Waals surface area contributed by atoms with Crippen molar-refractivity contribution in [3.05, 3.63) is 0 Å². The van der Waals surface area contributed by atoms with Crippen LogP contribution in [0.25, 0.3) is 0 Å². The second-order valence-electron chi connectivity index (χ2n) is 6.65. The standard InChI is InChI=1S/C13H26N2O/c1-11(2)10-14-13(16-12(11,3)4)6-8-15(5)9-7-13/h14H,6-10H2,1-5H3. The minimum atomic E-state index is -0.0640. The zero-order valence-electron chi connectivity index (χ0n) is 11.4. The number of ether oxygens (including phenoxy) is 1. The van der Waals surface area contributed by atoms with E-state index in [9.17, 15) is 0 Å². The summed E-state index contributed by atoms with van der Waals surface area (Å²) < 4.78 is 6.43. The lowest BCUT2D eigenvalue weighted by Gasteiger charge is -2.56. The van der Waals surface area contributed by atoms with Gasteiger partial charge in [0.05, 0.1) is 5.60 Å². The molecule has 0 bridgehead atoms. The van der Waals surface area contributed by atoms with Crippen molar-refractivity contribution in [2.45, 2.75) is 51.9 Å². The number of hydrogen-bond acceptors (Lipinski definition) is 3. The monoisotopic (exact) mass is 226 g/mol. The van der Waals surface area contributed by atoms with Gasteiger partial charge in [-0.25, -0.2) is 0 Å². The molecule has 2 aliphatic heterocycles. The van der Waals surface area contributed by atoms with Crippen LogP contribution in [0.15, 0.2) is 0 Å². The summed E-state index contributed by atoms with van der Waals surface area (Å²) in [4.78, 5) is 2.38. The second-order valence-corrected chi connectivity index (χ2v) is 6.65. The molecule has 2 aliphatic rings. The lowest BCUT2D eigenvalue weighted by molar-refractivity contribution is -0.248. The zero-order valence-corrected chi connectivity index (χ0v) is 11.4. The third kappa shape index (κ3) is 2.01. The number of nitrogens with one attached hydrogen (secondary N) is 1. The molecule has 0 unspecified atom stereocenters. The van der Waals surface area contributed by atoms with E-state index in [0.29, 0.717) is 0 Å². The fraction of sp³-hybridized carbons (Fsp3) is 1.00. The van der Waals surface area contributed by atoms with Crippen LogP contribution in [0.5, 0.6) is 0 Å². The number of nitrogens with zero attached hydrogens (tertiary/aromatic N) is 1. The molecule has 2 rings (SSSR count). The average Bonchev–Trinajstić information content (AvgIpc) is 2.18. The molecule has 94 valence electrons. The first kappa shape index (κ1) is 12.3. The Hall–Kier alpha value is -0.120. The third-order valence-electron chi connectivity index (χ3n) is 4.73. The van der Waals surface area contributed by atoms with Crippen molar-refractivity contribution in [1.29, 1.82) is 0 Å². The van der Waals surface area contributed by atoms with Gasteiger partial charge in [-0.05, 0) is 20.9 Å². The van der Waals surface area contributed by atoms with E-state index in [2.05, 4.69) is 45.0 Å². The van der Waals surface area contributed by atoms with Gasteiger partial charge in [-0.1, -0.05) is 13.8 Å². The molecule has 3 nitrogen and oxygen atoms in total. The molecule has 0 aliphatic carbocycles. The topological polar surface area (TPSA) is 24.5 Å². The lowest BCUT2D eigenvalue weighted by atomic mass is 9.74. The minimum Gasteiger partial charge on any atom is -0.354 e. The summed E-state index contributed by atoms with van der Waals surface area (Å²) in [5.41, 5.74) is 0.0846. The highest BCUT2D eigenvalue weighted by molar-refractivity contribution is 5.00. The van der Waals surface area contributed by atoms with E-state index in [0.717, 1.165) is 32.5 Å². The van der Waals surface area contributed by atoms with Crippen molar-refractivity contribution in [2.24, 2.45) is 5.41 Å². The second kappa shape index (κ2) is 3.69. The van der Waals surface area contributed by atoms with Crippen molar-refractivity contribution < 1.29 is 4.74 Å². The lowest BCUT2D eigenvalue weighted by Crippen LogP contribution is -2.67. The van der Waals surface area contributed by atoms with Crippen LogP contribution in [0, 0.1) is 5.41 Å². The Kier molecular flexibility index (Phi) is 2.84. The average molecular weight is 226 g/mol. The van der Waals surface area contributed by atoms with Gasteiger partial charge < -0.3 is 9.64 Å². The van der Waals surface area contributed by atoms with E-state index >= 15 is 0 Å². The molecule has 0 aromatic carbocycles. The number of likely N-dealkylation sites (tertiary alicyclic amines) is 1. The van der Waals surface area contributed by atoms with E-state index in [-0.39, 0.29) is 16.7 Å². The van der Waals surface area contributed by atoms with Crippen LogP contribution >= 0.6 is 0 Å². The predicted octanol–water partition coefficient (Wildman–Crippen LogP) is 1.83. The summed E-state index contributed by atoms with van der Waals surface area (Å²) in [6.07, 6.45) is 2.20. The molecule has 3 heteroatoms. The van der Waals surface area contributed by atoms with Gasteiger partial charge in [0.2, 0.25) is 0 Å². The van der Waals surface area contributed by atoms with Crippen LogP contribution in [0.4, 0.5) is 0 Å². The number of rotatable bonds is 0. The van der Waals surface area contributed by atoms with E-state index < -0.39 is 0 Å². The largest absolute Gasteiger partial charge is 0.354 e. The van der Waals surface area contributed by atoms with Gasteiger partial charge in [-0.15, -0.1) is 0 Å². The summed E-state index contributed by atoms with van der Waals surface area (Å²) in [6, 6.07) is 0. The minimum absolute atomic E-state index is 0.0475. The van der Waals surface area contributed by atoms with Crippen LogP contribution < -0.4 is 5.32 Å². The SMILES string of the molecule is CN1CCC2(CC1)NCC(C)(C)C(C)(C)O2. The first-order chi connectivity index (χ1) is 7.27.